The Labute approximate surface area is 102 Å². The second kappa shape index (κ2) is 5.00. The van der Waals surface area contributed by atoms with E-state index in [1.807, 2.05) is 23.5 Å². The first-order chi connectivity index (χ1) is 6.91. The van der Waals surface area contributed by atoms with E-state index in [-0.39, 0.29) is 10.3 Å². The minimum absolute atomic E-state index is 0.250. The first-order valence-corrected chi connectivity index (χ1v) is 7.62. The third-order valence-electron chi connectivity index (χ3n) is 2.87. The molecule has 0 amide bonds. The fraction of sp³-hybridized carbons (Fsp3) is 0.909. The van der Waals surface area contributed by atoms with Gasteiger partial charge in [-0.15, -0.1) is 0 Å². The maximum atomic E-state index is 4.66. The van der Waals surface area contributed by atoms with Gasteiger partial charge in [-0.3, -0.25) is 4.99 Å². The number of rotatable bonds is 4. The third-order valence-corrected chi connectivity index (χ3v) is 5.39. The van der Waals surface area contributed by atoms with Crippen LogP contribution in [0.25, 0.3) is 0 Å². The van der Waals surface area contributed by atoms with E-state index in [2.05, 4.69) is 44.3 Å². The zero-order valence-electron chi connectivity index (χ0n) is 10.4. The van der Waals surface area contributed by atoms with E-state index in [0.717, 1.165) is 23.9 Å². The Morgan fingerprint density at radius 3 is 2.73 bits per heavy atom. The van der Waals surface area contributed by atoms with E-state index in [1.54, 1.807) is 0 Å². The van der Waals surface area contributed by atoms with Crippen LogP contribution in [0, 0.1) is 0 Å². The Morgan fingerprint density at radius 2 is 2.27 bits per heavy atom. The molecule has 1 N–H and O–H groups in total. The number of nitrogens with zero attached hydrogens (tertiary/aromatic N) is 1. The van der Waals surface area contributed by atoms with Gasteiger partial charge in [0.05, 0.1) is 6.54 Å². The number of hydrogen-bond donors (Lipinski definition) is 1. The maximum absolute atomic E-state index is 4.66. The van der Waals surface area contributed by atoms with Crippen molar-refractivity contribution in [2.75, 3.05) is 18.6 Å². The van der Waals surface area contributed by atoms with Crippen molar-refractivity contribution in [2.45, 2.75) is 44.4 Å². The van der Waals surface area contributed by atoms with Crippen molar-refractivity contribution in [3.05, 3.63) is 0 Å². The molecule has 1 aliphatic rings. The number of nitrogens with one attached hydrogen (secondary N) is 1. The summed E-state index contributed by atoms with van der Waals surface area (Å²) in [5, 5.41) is 4.64. The molecular formula is C11H22N2S2. The number of amidine groups is 1. The fourth-order valence-electron chi connectivity index (χ4n) is 1.16. The van der Waals surface area contributed by atoms with Crippen LogP contribution < -0.4 is 5.32 Å². The Balaban J connectivity index is 2.50. The number of thioether (sulfide) groups is 2. The molecule has 0 aromatic carbocycles. The molecule has 88 valence electrons. The van der Waals surface area contributed by atoms with Crippen LogP contribution in [0.5, 0.6) is 0 Å². The monoisotopic (exact) mass is 246 g/mol. The van der Waals surface area contributed by atoms with Crippen LogP contribution in [0.3, 0.4) is 0 Å². The zero-order chi connectivity index (χ0) is 11.5. The Kier molecular flexibility index (Phi) is 4.41. The van der Waals surface area contributed by atoms with Crippen LogP contribution in [0.2, 0.25) is 0 Å². The molecule has 2 nitrogen and oxygen atoms in total. The molecule has 4 heteroatoms. The number of hydrogen-bond acceptors (Lipinski definition) is 3. The van der Waals surface area contributed by atoms with Crippen molar-refractivity contribution in [3.8, 4) is 0 Å². The molecule has 0 saturated carbocycles. The first kappa shape index (κ1) is 13.2. The average molecular weight is 246 g/mol. The van der Waals surface area contributed by atoms with Crippen LogP contribution in [-0.2, 0) is 0 Å². The summed E-state index contributed by atoms with van der Waals surface area (Å²) in [5.74, 6) is 1.14. The SMILES string of the molecule is CCC1(C)CSC(=NCC(C)(C)SC)N1. The lowest BCUT2D eigenvalue weighted by Gasteiger charge is -2.22. The normalized spacial score (nSPS) is 29.5. The fourth-order valence-corrected chi connectivity index (χ4v) is 2.56. The van der Waals surface area contributed by atoms with Crippen molar-refractivity contribution in [1.29, 1.82) is 0 Å². The van der Waals surface area contributed by atoms with Gasteiger partial charge < -0.3 is 5.32 Å². The Bertz CT molecular complexity index is 251. The topological polar surface area (TPSA) is 24.4 Å². The van der Waals surface area contributed by atoms with Crippen LogP contribution >= 0.6 is 23.5 Å². The van der Waals surface area contributed by atoms with Crippen LogP contribution in [-0.4, -0.2) is 34.0 Å². The smallest absolute Gasteiger partial charge is 0.157 e. The molecule has 1 unspecified atom stereocenters. The summed E-state index contributed by atoms with van der Waals surface area (Å²) >= 11 is 3.73. The maximum Gasteiger partial charge on any atom is 0.157 e. The summed E-state index contributed by atoms with van der Waals surface area (Å²) in [6.07, 6.45) is 3.30. The van der Waals surface area contributed by atoms with Crippen molar-refractivity contribution in [3.63, 3.8) is 0 Å². The Morgan fingerprint density at radius 1 is 1.60 bits per heavy atom. The van der Waals surface area contributed by atoms with E-state index in [0.29, 0.717) is 0 Å². The lowest BCUT2D eigenvalue weighted by atomic mass is 10.0. The van der Waals surface area contributed by atoms with Gasteiger partial charge in [0, 0.05) is 16.0 Å². The minimum atomic E-state index is 0.250. The predicted molar refractivity (Wildman–Crippen MR) is 74.2 cm³/mol. The summed E-state index contributed by atoms with van der Waals surface area (Å²) in [7, 11) is 0. The molecule has 1 heterocycles. The van der Waals surface area contributed by atoms with Gasteiger partial charge in [0.2, 0.25) is 0 Å². The first-order valence-electron chi connectivity index (χ1n) is 5.41. The molecular weight excluding hydrogens is 224 g/mol. The van der Waals surface area contributed by atoms with Crippen LogP contribution in [0.15, 0.2) is 4.99 Å². The highest BCUT2D eigenvalue weighted by atomic mass is 32.2. The average Bonchev–Trinajstić information content (AvgIpc) is 2.59. The van der Waals surface area contributed by atoms with E-state index in [9.17, 15) is 0 Å². The molecule has 1 rings (SSSR count). The summed E-state index contributed by atoms with van der Waals surface area (Å²) in [6.45, 7) is 9.86. The molecule has 1 saturated heterocycles. The highest BCUT2D eigenvalue weighted by Gasteiger charge is 2.30. The largest absolute Gasteiger partial charge is 0.359 e. The molecule has 1 aliphatic heterocycles. The van der Waals surface area contributed by atoms with E-state index < -0.39 is 0 Å². The summed E-state index contributed by atoms with van der Waals surface area (Å²) < 4.78 is 0.250. The summed E-state index contributed by atoms with van der Waals surface area (Å²) in [4.78, 5) is 4.66. The molecule has 1 fully saturated rings. The van der Waals surface area contributed by atoms with Crippen molar-refractivity contribution in [1.82, 2.24) is 5.32 Å². The molecule has 15 heavy (non-hydrogen) atoms. The van der Waals surface area contributed by atoms with Gasteiger partial charge >= 0.3 is 0 Å². The molecule has 1 atom stereocenters. The molecule has 0 aliphatic carbocycles. The molecule has 0 radical (unpaired) electrons. The van der Waals surface area contributed by atoms with Crippen molar-refractivity contribution in [2.24, 2.45) is 4.99 Å². The van der Waals surface area contributed by atoms with Gasteiger partial charge in [-0.1, -0.05) is 18.7 Å². The summed E-state index contributed by atoms with van der Waals surface area (Å²) in [6, 6.07) is 0. The van der Waals surface area contributed by atoms with Crippen molar-refractivity contribution < 1.29 is 0 Å². The van der Waals surface area contributed by atoms with E-state index >= 15 is 0 Å². The Hall–Kier alpha value is 0.170. The van der Waals surface area contributed by atoms with Gasteiger partial charge in [0.15, 0.2) is 5.17 Å². The molecule has 0 spiro atoms. The highest BCUT2D eigenvalue weighted by Crippen LogP contribution is 2.27. The van der Waals surface area contributed by atoms with Gasteiger partial charge in [0.25, 0.3) is 0 Å². The zero-order valence-corrected chi connectivity index (χ0v) is 12.0. The highest BCUT2D eigenvalue weighted by molar-refractivity contribution is 8.14. The third kappa shape index (κ3) is 3.91. The molecule has 0 aromatic heterocycles. The molecule has 0 aromatic rings. The van der Waals surface area contributed by atoms with E-state index in [4.69, 9.17) is 0 Å². The quantitative estimate of drug-likeness (QED) is 0.825. The van der Waals surface area contributed by atoms with E-state index in [1.165, 1.54) is 0 Å². The van der Waals surface area contributed by atoms with Gasteiger partial charge in [0.1, 0.15) is 0 Å². The molecule has 0 bridgehead atoms. The van der Waals surface area contributed by atoms with Gasteiger partial charge in [-0.05, 0) is 33.4 Å². The van der Waals surface area contributed by atoms with Crippen LogP contribution in [0.1, 0.15) is 34.1 Å². The second-order valence-corrected chi connectivity index (χ2v) is 7.39. The number of aliphatic imine (C=N–C) groups is 1. The summed E-state index contributed by atoms with van der Waals surface area (Å²) in [5.41, 5.74) is 0.257. The van der Waals surface area contributed by atoms with Crippen LogP contribution in [0.4, 0.5) is 0 Å². The predicted octanol–water partition coefficient (Wildman–Crippen LogP) is 2.99. The standard InChI is InChI=1S/C11H22N2S2/c1-6-11(4)8-15-9(13-11)12-7-10(2,3)14-5/h6-8H2,1-5H3,(H,12,13). The minimum Gasteiger partial charge on any atom is -0.359 e. The second-order valence-electron chi connectivity index (χ2n) is 4.91. The lowest BCUT2D eigenvalue weighted by molar-refractivity contribution is 0.466. The van der Waals surface area contributed by atoms with Gasteiger partial charge in [-0.25, -0.2) is 0 Å². The van der Waals surface area contributed by atoms with Gasteiger partial charge in [-0.2, -0.15) is 11.8 Å². The lowest BCUT2D eigenvalue weighted by Crippen LogP contribution is -2.40. The van der Waals surface area contributed by atoms with Crippen molar-refractivity contribution >= 4 is 28.7 Å².